The Morgan fingerprint density at radius 1 is 0.960 bits per heavy atom. The molecule has 2 aromatic rings. The Morgan fingerprint density at radius 2 is 1.64 bits per heavy atom. The molecular weight excluding hydrogens is 318 g/mol. The van der Waals surface area contributed by atoms with E-state index >= 15 is 0 Å². The van der Waals surface area contributed by atoms with Crippen LogP contribution in [0, 0.1) is 0 Å². The van der Waals surface area contributed by atoms with Crippen molar-refractivity contribution in [3.05, 3.63) is 60.2 Å². The Morgan fingerprint density at radius 3 is 2.40 bits per heavy atom. The van der Waals surface area contributed by atoms with E-state index in [1.807, 2.05) is 36.4 Å². The lowest BCUT2D eigenvalue weighted by atomic mass is 10.1. The van der Waals surface area contributed by atoms with Gasteiger partial charge in [-0.3, -0.25) is 9.59 Å². The highest BCUT2D eigenvalue weighted by Crippen LogP contribution is 2.17. The summed E-state index contributed by atoms with van der Waals surface area (Å²) in [6.45, 7) is 2.51. The normalized spacial score (nSPS) is 14.0. The van der Waals surface area contributed by atoms with Crippen LogP contribution in [0.4, 0.5) is 11.4 Å². The van der Waals surface area contributed by atoms with Crippen LogP contribution < -0.4 is 10.6 Å². The molecule has 0 aromatic heterocycles. The Kier molecular flexibility index (Phi) is 5.64. The van der Waals surface area contributed by atoms with Gasteiger partial charge in [0.2, 0.25) is 5.91 Å². The van der Waals surface area contributed by atoms with Crippen molar-refractivity contribution in [1.82, 2.24) is 4.90 Å². The molecule has 1 fully saturated rings. The average Bonchev–Trinajstić information content (AvgIpc) is 2.68. The number of carbonyl (C=O) groups excluding carboxylic acids is 2. The number of hydrogen-bond acceptors (Lipinski definition) is 4. The fraction of sp³-hybridized carbons (Fsp3) is 0.263. The average molecular weight is 339 g/mol. The highest BCUT2D eigenvalue weighted by atomic mass is 16.5. The summed E-state index contributed by atoms with van der Waals surface area (Å²) in [5.41, 5.74) is 1.87. The van der Waals surface area contributed by atoms with Gasteiger partial charge >= 0.3 is 0 Å². The van der Waals surface area contributed by atoms with E-state index in [1.165, 1.54) is 0 Å². The molecule has 2 aromatic carbocycles. The van der Waals surface area contributed by atoms with Gasteiger partial charge in [-0.2, -0.15) is 0 Å². The van der Waals surface area contributed by atoms with E-state index in [-0.39, 0.29) is 18.4 Å². The number of morpholine rings is 1. The summed E-state index contributed by atoms with van der Waals surface area (Å²) in [6, 6.07) is 16.4. The lowest BCUT2D eigenvalue weighted by molar-refractivity contribution is -0.133. The van der Waals surface area contributed by atoms with Crippen molar-refractivity contribution in [2.24, 2.45) is 0 Å². The maximum absolute atomic E-state index is 12.5. The van der Waals surface area contributed by atoms with Gasteiger partial charge in [0.1, 0.15) is 0 Å². The Labute approximate surface area is 146 Å². The largest absolute Gasteiger partial charge is 0.378 e. The lowest BCUT2D eigenvalue weighted by Crippen LogP contribution is -2.43. The van der Waals surface area contributed by atoms with Crippen LogP contribution in [0.15, 0.2) is 54.6 Å². The molecule has 1 aliphatic rings. The van der Waals surface area contributed by atoms with Gasteiger partial charge in [0, 0.05) is 24.5 Å². The molecular formula is C19H21N3O3. The van der Waals surface area contributed by atoms with E-state index < -0.39 is 0 Å². The highest BCUT2D eigenvalue weighted by Gasteiger charge is 2.17. The van der Waals surface area contributed by atoms with Crippen LogP contribution in [0.25, 0.3) is 0 Å². The number of para-hydroxylation sites is 2. The summed E-state index contributed by atoms with van der Waals surface area (Å²) in [6.07, 6.45) is 0. The van der Waals surface area contributed by atoms with Gasteiger partial charge in [-0.25, -0.2) is 0 Å². The van der Waals surface area contributed by atoms with Crippen LogP contribution in [-0.4, -0.2) is 49.6 Å². The summed E-state index contributed by atoms with van der Waals surface area (Å²) >= 11 is 0. The van der Waals surface area contributed by atoms with Gasteiger partial charge in [0.15, 0.2) is 0 Å². The molecule has 2 N–H and O–H groups in total. The van der Waals surface area contributed by atoms with Crippen LogP contribution >= 0.6 is 0 Å². The second-order valence-corrected chi connectivity index (χ2v) is 5.71. The van der Waals surface area contributed by atoms with Crippen molar-refractivity contribution < 1.29 is 14.3 Å². The second-order valence-electron chi connectivity index (χ2n) is 5.71. The van der Waals surface area contributed by atoms with Crippen molar-refractivity contribution in [2.75, 3.05) is 43.5 Å². The second kappa shape index (κ2) is 8.30. The third kappa shape index (κ3) is 4.58. The van der Waals surface area contributed by atoms with Gasteiger partial charge in [0.25, 0.3) is 5.91 Å². The van der Waals surface area contributed by atoms with Gasteiger partial charge < -0.3 is 20.3 Å². The van der Waals surface area contributed by atoms with Crippen molar-refractivity contribution in [3.63, 3.8) is 0 Å². The molecule has 0 aliphatic carbocycles. The molecule has 6 heteroatoms. The fourth-order valence-electron chi connectivity index (χ4n) is 2.65. The van der Waals surface area contributed by atoms with Crippen LogP contribution in [0.5, 0.6) is 0 Å². The third-order valence-corrected chi connectivity index (χ3v) is 4.00. The molecule has 0 spiro atoms. The zero-order valence-electron chi connectivity index (χ0n) is 13.9. The Balaban J connectivity index is 1.64. The fourth-order valence-corrected chi connectivity index (χ4v) is 2.65. The van der Waals surface area contributed by atoms with Gasteiger partial charge in [-0.05, 0) is 24.3 Å². The van der Waals surface area contributed by atoms with Gasteiger partial charge in [-0.15, -0.1) is 0 Å². The van der Waals surface area contributed by atoms with Crippen molar-refractivity contribution in [3.8, 4) is 0 Å². The Bertz CT molecular complexity index is 728. The molecule has 3 rings (SSSR count). The van der Waals surface area contributed by atoms with E-state index in [0.717, 1.165) is 5.69 Å². The smallest absolute Gasteiger partial charge is 0.257 e. The first-order chi connectivity index (χ1) is 12.2. The van der Waals surface area contributed by atoms with Crippen molar-refractivity contribution in [2.45, 2.75) is 0 Å². The van der Waals surface area contributed by atoms with Crippen LogP contribution in [0.3, 0.4) is 0 Å². The number of carbonyl (C=O) groups is 2. The maximum atomic E-state index is 12.5. The van der Waals surface area contributed by atoms with E-state index in [4.69, 9.17) is 4.74 Å². The lowest BCUT2D eigenvalue weighted by Gasteiger charge is -2.27. The first kappa shape index (κ1) is 17.0. The molecule has 130 valence electrons. The quantitative estimate of drug-likeness (QED) is 0.876. The molecule has 0 unspecified atom stereocenters. The number of nitrogens with zero attached hydrogens (tertiary/aromatic N) is 1. The van der Waals surface area contributed by atoms with E-state index in [2.05, 4.69) is 10.6 Å². The molecule has 0 radical (unpaired) electrons. The predicted molar refractivity (Wildman–Crippen MR) is 96.7 cm³/mol. The van der Waals surface area contributed by atoms with Crippen LogP contribution in [-0.2, 0) is 9.53 Å². The zero-order valence-corrected chi connectivity index (χ0v) is 13.9. The minimum Gasteiger partial charge on any atom is -0.378 e. The van der Waals surface area contributed by atoms with Crippen LogP contribution in [0.1, 0.15) is 10.4 Å². The molecule has 0 saturated carbocycles. The molecule has 2 amide bonds. The predicted octanol–water partition coefficient (Wildman–Crippen LogP) is 2.21. The number of rotatable bonds is 5. The summed E-state index contributed by atoms with van der Waals surface area (Å²) in [7, 11) is 0. The highest BCUT2D eigenvalue weighted by molar-refractivity contribution is 6.08. The van der Waals surface area contributed by atoms with E-state index in [0.29, 0.717) is 37.6 Å². The third-order valence-electron chi connectivity index (χ3n) is 4.00. The van der Waals surface area contributed by atoms with E-state index in [1.54, 1.807) is 23.1 Å². The molecule has 0 bridgehead atoms. The monoisotopic (exact) mass is 339 g/mol. The van der Waals surface area contributed by atoms with Gasteiger partial charge in [-0.1, -0.05) is 30.3 Å². The first-order valence-corrected chi connectivity index (χ1v) is 8.29. The minimum absolute atomic E-state index is 0.00145. The zero-order chi connectivity index (χ0) is 17.5. The summed E-state index contributed by atoms with van der Waals surface area (Å²) < 4.78 is 5.25. The molecule has 1 aliphatic heterocycles. The summed E-state index contributed by atoms with van der Waals surface area (Å²) in [4.78, 5) is 26.5. The molecule has 1 heterocycles. The number of ether oxygens (including phenoxy) is 1. The van der Waals surface area contributed by atoms with Crippen molar-refractivity contribution in [1.29, 1.82) is 0 Å². The number of amides is 2. The molecule has 1 saturated heterocycles. The van der Waals surface area contributed by atoms with Gasteiger partial charge in [0.05, 0.1) is 25.3 Å². The standard InChI is InChI=1S/C19H21N3O3/c23-18(22-10-12-25-13-11-22)14-20-17-9-5-4-8-16(17)19(24)21-15-6-2-1-3-7-15/h1-9,20H,10-14H2,(H,21,24). The molecule has 6 nitrogen and oxygen atoms in total. The summed E-state index contributed by atoms with van der Waals surface area (Å²) in [5, 5.41) is 5.94. The number of nitrogens with one attached hydrogen (secondary N) is 2. The minimum atomic E-state index is -0.215. The SMILES string of the molecule is O=C(Nc1ccccc1)c1ccccc1NCC(=O)N1CCOCC1. The van der Waals surface area contributed by atoms with Crippen molar-refractivity contribution >= 4 is 23.2 Å². The number of benzene rings is 2. The number of hydrogen-bond donors (Lipinski definition) is 2. The Hall–Kier alpha value is -2.86. The number of anilines is 2. The molecule has 0 atom stereocenters. The van der Waals surface area contributed by atoms with Crippen LogP contribution in [0.2, 0.25) is 0 Å². The van der Waals surface area contributed by atoms with E-state index in [9.17, 15) is 9.59 Å². The topological polar surface area (TPSA) is 70.7 Å². The first-order valence-electron chi connectivity index (χ1n) is 8.29. The molecule has 25 heavy (non-hydrogen) atoms. The maximum Gasteiger partial charge on any atom is 0.257 e. The summed E-state index contributed by atoms with van der Waals surface area (Å²) in [5.74, 6) is -0.213.